The Labute approximate surface area is 94.7 Å². The van der Waals surface area contributed by atoms with Crippen molar-refractivity contribution in [1.29, 1.82) is 0 Å². The topological polar surface area (TPSA) is 54.7 Å². The van der Waals surface area contributed by atoms with Crippen molar-refractivity contribution in [1.82, 2.24) is 9.97 Å². The first kappa shape index (κ1) is 9.60. The van der Waals surface area contributed by atoms with Crippen molar-refractivity contribution >= 4 is 0 Å². The molecule has 0 aliphatic heterocycles. The molecule has 1 saturated carbocycles. The van der Waals surface area contributed by atoms with Crippen LogP contribution in [0.1, 0.15) is 29.9 Å². The summed E-state index contributed by atoms with van der Waals surface area (Å²) in [5.74, 6) is 1.07. The van der Waals surface area contributed by atoms with Gasteiger partial charge in [-0.1, -0.05) is 30.3 Å². The molecular weight excluding hydrogens is 198 g/mol. The molecule has 3 heteroatoms. The van der Waals surface area contributed by atoms with Crippen LogP contribution in [0.5, 0.6) is 0 Å². The highest BCUT2D eigenvalue weighted by molar-refractivity contribution is 5.39. The molecule has 1 heterocycles. The van der Waals surface area contributed by atoms with Gasteiger partial charge >= 0.3 is 0 Å². The molecule has 2 aromatic rings. The van der Waals surface area contributed by atoms with E-state index < -0.39 is 0 Å². The van der Waals surface area contributed by atoms with Crippen molar-refractivity contribution in [2.75, 3.05) is 0 Å². The second kappa shape index (κ2) is 3.46. The number of imidazole rings is 1. The number of benzene rings is 1. The quantitative estimate of drug-likeness (QED) is 0.818. The average molecular weight is 213 g/mol. The van der Waals surface area contributed by atoms with E-state index in [1.807, 2.05) is 12.3 Å². The van der Waals surface area contributed by atoms with Crippen molar-refractivity contribution in [2.24, 2.45) is 5.73 Å². The van der Waals surface area contributed by atoms with Crippen LogP contribution in [0.2, 0.25) is 0 Å². The van der Waals surface area contributed by atoms with Gasteiger partial charge in [-0.15, -0.1) is 0 Å². The first-order valence-corrected chi connectivity index (χ1v) is 5.65. The van der Waals surface area contributed by atoms with Gasteiger partial charge in [-0.25, -0.2) is 4.98 Å². The molecule has 0 spiro atoms. The Morgan fingerprint density at radius 2 is 2.00 bits per heavy atom. The van der Waals surface area contributed by atoms with Crippen LogP contribution in [-0.4, -0.2) is 9.97 Å². The summed E-state index contributed by atoms with van der Waals surface area (Å²) in [7, 11) is 0. The third-order valence-corrected chi connectivity index (χ3v) is 3.38. The number of aromatic nitrogens is 2. The van der Waals surface area contributed by atoms with Gasteiger partial charge in [0.2, 0.25) is 0 Å². The van der Waals surface area contributed by atoms with Crippen LogP contribution >= 0.6 is 0 Å². The zero-order valence-electron chi connectivity index (χ0n) is 9.11. The number of hydrogen-bond acceptors (Lipinski definition) is 2. The lowest BCUT2D eigenvalue weighted by molar-refractivity contribution is 0.768. The Hall–Kier alpha value is -1.61. The smallest absolute Gasteiger partial charge is 0.116 e. The largest absolute Gasteiger partial charge is 0.344 e. The zero-order chi connectivity index (χ0) is 11.0. The van der Waals surface area contributed by atoms with Gasteiger partial charge in [-0.2, -0.15) is 0 Å². The molecule has 0 radical (unpaired) electrons. The number of hydrogen-bond donors (Lipinski definition) is 2. The minimum absolute atomic E-state index is 0.134. The lowest BCUT2D eigenvalue weighted by atomic mass is 9.95. The van der Waals surface area contributed by atoms with Crippen molar-refractivity contribution in [3.63, 3.8) is 0 Å². The maximum atomic E-state index is 5.59. The van der Waals surface area contributed by atoms with Crippen LogP contribution in [0.15, 0.2) is 36.5 Å². The number of nitrogens with one attached hydrogen (secondary N) is 1. The lowest BCUT2D eigenvalue weighted by Crippen LogP contribution is -2.11. The Balaban J connectivity index is 2.00. The summed E-state index contributed by atoms with van der Waals surface area (Å²) in [5.41, 5.74) is 8.09. The summed E-state index contributed by atoms with van der Waals surface area (Å²) in [6.45, 7) is 0.526. The van der Waals surface area contributed by atoms with Crippen LogP contribution in [0.25, 0.3) is 0 Å². The average Bonchev–Trinajstić information content (AvgIpc) is 3.02. The Morgan fingerprint density at radius 1 is 1.25 bits per heavy atom. The maximum absolute atomic E-state index is 5.59. The van der Waals surface area contributed by atoms with Crippen molar-refractivity contribution in [2.45, 2.75) is 24.8 Å². The Morgan fingerprint density at radius 3 is 2.56 bits per heavy atom. The molecule has 1 aliphatic rings. The van der Waals surface area contributed by atoms with E-state index in [9.17, 15) is 0 Å². The van der Waals surface area contributed by atoms with Gasteiger partial charge in [0.05, 0.1) is 5.41 Å². The molecule has 1 aromatic carbocycles. The van der Waals surface area contributed by atoms with E-state index in [0.717, 1.165) is 11.5 Å². The van der Waals surface area contributed by atoms with Crippen molar-refractivity contribution in [3.8, 4) is 0 Å². The summed E-state index contributed by atoms with van der Waals surface area (Å²) >= 11 is 0. The predicted octanol–water partition coefficient (Wildman–Crippen LogP) is 1.95. The highest BCUT2D eigenvalue weighted by Gasteiger charge is 2.48. The van der Waals surface area contributed by atoms with Gasteiger partial charge in [-0.3, -0.25) is 0 Å². The molecule has 1 aliphatic carbocycles. The van der Waals surface area contributed by atoms with E-state index >= 15 is 0 Å². The normalized spacial score (nSPS) is 17.3. The first-order valence-electron chi connectivity index (χ1n) is 5.65. The summed E-state index contributed by atoms with van der Waals surface area (Å²) in [6.07, 6.45) is 4.20. The van der Waals surface area contributed by atoms with Gasteiger partial charge in [0.1, 0.15) is 5.82 Å². The fraction of sp³-hybridized carbons (Fsp3) is 0.308. The second-order valence-electron chi connectivity index (χ2n) is 4.41. The third kappa shape index (κ3) is 1.36. The Bertz CT molecular complexity index is 483. The molecule has 1 aromatic heterocycles. The van der Waals surface area contributed by atoms with E-state index in [0.29, 0.717) is 6.54 Å². The molecule has 82 valence electrons. The van der Waals surface area contributed by atoms with E-state index in [2.05, 4.69) is 34.2 Å². The van der Waals surface area contributed by atoms with Crippen LogP contribution in [-0.2, 0) is 12.0 Å². The molecule has 3 N–H and O–H groups in total. The van der Waals surface area contributed by atoms with E-state index in [-0.39, 0.29) is 5.41 Å². The molecule has 16 heavy (non-hydrogen) atoms. The second-order valence-corrected chi connectivity index (χ2v) is 4.41. The van der Waals surface area contributed by atoms with Gasteiger partial charge in [0.15, 0.2) is 0 Å². The summed E-state index contributed by atoms with van der Waals surface area (Å²) in [4.78, 5) is 7.79. The monoisotopic (exact) mass is 213 g/mol. The number of aromatic amines is 1. The van der Waals surface area contributed by atoms with E-state index in [1.54, 1.807) is 0 Å². The summed E-state index contributed by atoms with van der Waals surface area (Å²) in [6, 6.07) is 10.6. The number of nitrogens with two attached hydrogens (primary N) is 1. The van der Waals surface area contributed by atoms with E-state index in [4.69, 9.17) is 5.73 Å². The standard InChI is InChI=1S/C13H15N3/c14-8-11-9-15-12(16-11)13(6-7-13)10-4-2-1-3-5-10/h1-5,9H,6-8,14H2,(H,15,16). The molecule has 0 saturated heterocycles. The molecule has 0 atom stereocenters. The molecular formula is C13H15N3. The Kier molecular flexibility index (Phi) is 2.07. The predicted molar refractivity (Wildman–Crippen MR) is 62.9 cm³/mol. The number of rotatable bonds is 3. The van der Waals surface area contributed by atoms with Crippen molar-refractivity contribution < 1.29 is 0 Å². The molecule has 0 unspecified atom stereocenters. The third-order valence-electron chi connectivity index (χ3n) is 3.38. The minimum Gasteiger partial charge on any atom is -0.344 e. The van der Waals surface area contributed by atoms with Crippen LogP contribution in [0, 0.1) is 0 Å². The molecule has 3 nitrogen and oxygen atoms in total. The van der Waals surface area contributed by atoms with E-state index in [1.165, 1.54) is 18.4 Å². The summed E-state index contributed by atoms with van der Waals surface area (Å²) < 4.78 is 0. The highest BCUT2D eigenvalue weighted by atomic mass is 15.0. The van der Waals surface area contributed by atoms with Crippen molar-refractivity contribution in [3.05, 3.63) is 53.6 Å². The van der Waals surface area contributed by atoms with Gasteiger partial charge in [-0.05, 0) is 18.4 Å². The lowest BCUT2D eigenvalue weighted by Gasteiger charge is -2.12. The first-order chi connectivity index (χ1) is 7.85. The number of H-pyrrole nitrogens is 1. The SMILES string of the molecule is NCc1cnc(C2(c3ccccc3)CC2)[nH]1. The zero-order valence-corrected chi connectivity index (χ0v) is 9.11. The molecule has 0 amide bonds. The van der Waals surface area contributed by atoms with Crippen LogP contribution in [0.3, 0.4) is 0 Å². The fourth-order valence-electron chi connectivity index (χ4n) is 2.25. The molecule has 3 rings (SSSR count). The molecule has 1 fully saturated rings. The van der Waals surface area contributed by atoms with Gasteiger partial charge < -0.3 is 10.7 Å². The van der Waals surface area contributed by atoms with Crippen LogP contribution in [0.4, 0.5) is 0 Å². The van der Waals surface area contributed by atoms with Gasteiger partial charge in [0.25, 0.3) is 0 Å². The highest BCUT2D eigenvalue weighted by Crippen LogP contribution is 2.52. The molecule has 0 bridgehead atoms. The summed E-state index contributed by atoms with van der Waals surface area (Å²) in [5, 5.41) is 0. The maximum Gasteiger partial charge on any atom is 0.116 e. The minimum atomic E-state index is 0.134. The fourth-order valence-corrected chi connectivity index (χ4v) is 2.25. The van der Waals surface area contributed by atoms with Crippen LogP contribution < -0.4 is 5.73 Å². The van der Waals surface area contributed by atoms with Gasteiger partial charge in [0, 0.05) is 18.4 Å². The number of nitrogens with zero attached hydrogens (tertiary/aromatic N) is 1.